The molecule has 0 saturated carbocycles. The van der Waals surface area contributed by atoms with Crippen molar-refractivity contribution in [3.05, 3.63) is 10.7 Å². The summed E-state index contributed by atoms with van der Waals surface area (Å²) in [5.41, 5.74) is 4.91. The molecule has 0 bridgehead atoms. The number of halogens is 1. The summed E-state index contributed by atoms with van der Waals surface area (Å²) in [7, 11) is 0. The number of esters is 2. The Morgan fingerprint density at radius 3 is 1.75 bits per heavy atom. The highest BCUT2D eigenvalue weighted by atomic mass is 35.5. The Hall–Kier alpha value is -1.23. The summed E-state index contributed by atoms with van der Waals surface area (Å²) in [5.74, 6) is -1.67. The Morgan fingerprint density at radius 2 is 1.38 bits per heavy atom. The largest absolute Gasteiger partial charge is 0.459 e. The van der Waals surface area contributed by atoms with Crippen LogP contribution in [0.4, 0.5) is 0 Å². The molecule has 0 aromatic heterocycles. The van der Waals surface area contributed by atoms with E-state index in [1.54, 1.807) is 27.7 Å². The van der Waals surface area contributed by atoms with E-state index in [4.69, 9.17) is 26.8 Å². The van der Waals surface area contributed by atoms with Crippen LogP contribution in [0.5, 0.6) is 0 Å². The number of ether oxygens (including phenoxy) is 2. The molecule has 0 amide bonds. The Morgan fingerprint density at radius 1 is 1.00 bits per heavy atom. The number of nitrogens with two attached hydrogens (primary N) is 1. The highest BCUT2D eigenvalue weighted by Crippen LogP contribution is 2.11. The van der Waals surface area contributed by atoms with Crippen LogP contribution in [-0.4, -0.2) is 24.1 Å². The van der Waals surface area contributed by atoms with Crippen LogP contribution in [0.3, 0.4) is 0 Å². The standard InChI is InChI=1S/C10H16ClNO4/c1-5(2)15-9(13)7(11)8(12)10(14)16-6(3)4/h5-6H,12H2,1-4H3. The first-order valence-electron chi connectivity index (χ1n) is 4.82. The molecule has 0 aliphatic heterocycles. The Bertz CT molecular complexity index is 280. The fourth-order valence-electron chi connectivity index (χ4n) is 0.743. The maximum atomic E-state index is 11.3. The van der Waals surface area contributed by atoms with E-state index in [2.05, 4.69) is 0 Å². The van der Waals surface area contributed by atoms with Gasteiger partial charge in [0.1, 0.15) is 5.70 Å². The Labute approximate surface area is 99.5 Å². The van der Waals surface area contributed by atoms with E-state index < -0.39 is 22.7 Å². The van der Waals surface area contributed by atoms with Crippen LogP contribution in [-0.2, 0) is 19.1 Å². The van der Waals surface area contributed by atoms with Crippen LogP contribution in [0, 0.1) is 0 Å². The summed E-state index contributed by atoms with van der Waals surface area (Å²) < 4.78 is 9.55. The first-order valence-corrected chi connectivity index (χ1v) is 5.20. The maximum Gasteiger partial charge on any atom is 0.356 e. The minimum Gasteiger partial charge on any atom is -0.459 e. The minimum absolute atomic E-state index is 0.336. The van der Waals surface area contributed by atoms with Gasteiger partial charge in [0.2, 0.25) is 0 Å². The van der Waals surface area contributed by atoms with Crippen molar-refractivity contribution in [1.82, 2.24) is 0 Å². The summed E-state index contributed by atoms with van der Waals surface area (Å²) in [4.78, 5) is 22.6. The molecule has 0 fully saturated rings. The summed E-state index contributed by atoms with van der Waals surface area (Å²) in [6, 6.07) is 0. The lowest BCUT2D eigenvalue weighted by molar-refractivity contribution is -0.145. The van der Waals surface area contributed by atoms with Gasteiger partial charge in [-0.1, -0.05) is 11.6 Å². The van der Waals surface area contributed by atoms with E-state index in [0.717, 1.165) is 0 Å². The van der Waals surface area contributed by atoms with Gasteiger partial charge in [0.05, 0.1) is 12.2 Å². The summed E-state index contributed by atoms with van der Waals surface area (Å²) in [6.45, 7) is 6.63. The molecule has 0 saturated heterocycles. The van der Waals surface area contributed by atoms with Crippen molar-refractivity contribution in [2.45, 2.75) is 39.9 Å². The molecule has 0 spiro atoms. The minimum atomic E-state index is -0.838. The van der Waals surface area contributed by atoms with E-state index >= 15 is 0 Å². The van der Waals surface area contributed by atoms with Gasteiger partial charge in [-0.05, 0) is 27.7 Å². The van der Waals surface area contributed by atoms with E-state index in [-0.39, 0.29) is 12.2 Å². The molecular weight excluding hydrogens is 234 g/mol. The fraction of sp³-hybridized carbons (Fsp3) is 0.600. The number of hydrogen-bond acceptors (Lipinski definition) is 5. The first-order chi connectivity index (χ1) is 7.25. The van der Waals surface area contributed by atoms with Gasteiger partial charge in [-0.3, -0.25) is 0 Å². The van der Waals surface area contributed by atoms with Crippen molar-refractivity contribution >= 4 is 23.5 Å². The van der Waals surface area contributed by atoms with Crippen LogP contribution < -0.4 is 5.73 Å². The molecule has 92 valence electrons. The van der Waals surface area contributed by atoms with Gasteiger partial charge in [-0.15, -0.1) is 0 Å². The average Bonchev–Trinajstić information content (AvgIpc) is 2.13. The van der Waals surface area contributed by atoms with E-state index in [1.165, 1.54) is 0 Å². The lowest BCUT2D eigenvalue weighted by atomic mass is 10.4. The topological polar surface area (TPSA) is 78.6 Å². The zero-order chi connectivity index (χ0) is 12.9. The van der Waals surface area contributed by atoms with Crippen molar-refractivity contribution in [2.24, 2.45) is 5.73 Å². The molecule has 0 rings (SSSR count). The van der Waals surface area contributed by atoms with Gasteiger partial charge >= 0.3 is 11.9 Å². The molecule has 5 nitrogen and oxygen atoms in total. The SMILES string of the molecule is CC(C)OC(=O)C(N)=C(Cl)C(=O)OC(C)C. The smallest absolute Gasteiger partial charge is 0.356 e. The van der Waals surface area contributed by atoms with Crippen molar-refractivity contribution < 1.29 is 19.1 Å². The van der Waals surface area contributed by atoms with E-state index in [9.17, 15) is 9.59 Å². The van der Waals surface area contributed by atoms with Crippen LogP contribution in [0.25, 0.3) is 0 Å². The van der Waals surface area contributed by atoms with Gasteiger partial charge < -0.3 is 15.2 Å². The molecule has 6 heteroatoms. The summed E-state index contributed by atoms with van der Waals surface area (Å²) >= 11 is 5.58. The van der Waals surface area contributed by atoms with Crippen LogP contribution in [0.1, 0.15) is 27.7 Å². The number of rotatable bonds is 4. The van der Waals surface area contributed by atoms with Crippen molar-refractivity contribution in [1.29, 1.82) is 0 Å². The van der Waals surface area contributed by atoms with Crippen LogP contribution in [0.2, 0.25) is 0 Å². The molecule has 2 N–H and O–H groups in total. The Balaban J connectivity index is 4.68. The van der Waals surface area contributed by atoms with Crippen molar-refractivity contribution in [3.8, 4) is 0 Å². The molecule has 0 aliphatic carbocycles. The molecule has 0 aromatic rings. The molecule has 0 radical (unpaired) electrons. The zero-order valence-corrected chi connectivity index (χ0v) is 10.5. The van der Waals surface area contributed by atoms with E-state index in [0.29, 0.717) is 0 Å². The second-order valence-corrected chi connectivity index (χ2v) is 4.01. The van der Waals surface area contributed by atoms with Gasteiger partial charge in [-0.25, -0.2) is 9.59 Å². The van der Waals surface area contributed by atoms with Gasteiger partial charge in [0.25, 0.3) is 0 Å². The fourth-order valence-corrected chi connectivity index (χ4v) is 0.865. The molecule has 0 atom stereocenters. The molecule has 16 heavy (non-hydrogen) atoms. The monoisotopic (exact) mass is 249 g/mol. The maximum absolute atomic E-state index is 11.3. The second kappa shape index (κ2) is 6.37. The average molecular weight is 250 g/mol. The number of carbonyl (C=O) groups is 2. The normalized spacial score (nSPS) is 12.4. The Kier molecular flexibility index (Phi) is 5.88. The van der Waals surface area contributed by atoms with Crippen molar-refractivity contribution in [3.63, 3.8) is 0 Å². The highest BCUT2D eigenvalue weighted by molar-refractivity contribution is 6.43. The third kappa shape index (κ3) is 5.02. The molecular formula is C10H16ClNO4. The lowest BCUT2D eigenvalue weighted by Gasteiger charge is -2.10. The molecule has 0 aliphatic rings. The zero-order valence-electron chi connectivity index (χ0n) is 9.74. The second-order valence-electron chi connectivity index (χ2n) is 3.64. The number of carbonyl (C=O) groups excluding carboxylic acids is 2. The van der Waals surface area contributed by atoms with Gasteiger partial charge in [-0.2, -0.15) is 0 Å². The first kappa shape index (κ1) is 14.8. The molecule has 0 unspecified atom stereocenters. The summed E-state index contributed by atoms with van der Waals surface area (Å²) in [5, 5.41) is -0.459. The lowest BCUT2D eigenvalue weighted by Crippen LogP contribution is -2.23. The molecule has 0 aromatic carbocycles. The summed E-state index contributed by atoms with van der Waals surface area (Å²) in [6.07, 6.45) is -0.674. The van der Waals surface area contributed by atoms with E-state index in [1.807, 2.05) is 0 Å². The highest BCUT2D eigenvalue weighted by Gasteiger charge is 2.20. The van der Waals surface area contributed by atoms with Gasteiger partial charge in [0, 0.05) is 0 Å². The van der Waals surface area contributed by atoms with Gasteiger partial charge in [0.15, 0.2) is 5.03 Å². The van der Waals surface area contributed by atoms with Crippen molar-refractivity contribution in [2.75, 3.05) is 0 Å². The number of hydrogen-bond donors (Lipinski definition) is 1. The quantitative estimate of drug-likeness (QED) is 0.600. The predicted octanol–water partition coefficient (Wildman–Crippen LogP) is 1.30. The van der Waals surface area contributed by atoms with Crippen LogP contribution >= 0.6 is 11.6 Å². The molecule has 0 heterocycles. The predicted molar refractivity (Wildman–Crippen MR) is 59.5 cm³/mol. The van der Waals surface area contributed by atoms with Crippen LogP contribution in [0.15, 0.2) is 10.7 Å². The third-order valence-corrected chi connectivity index (χ3v) is 1.68. The third-order valence-electron chi connectivity index (χ3n) is 1.32.